The van der Waals surface area contributed by atoms with Crippen LogP contribution in [0.1, 0.15) is 15.9 Å². The summed E-state index contributed by atoms with van der Waals surface area (Å²) < 4.78 is 5.71. The molecule has 0 radical (unpaired) electrons. The molecule has 0 unspecified atom stereocenters. The highest BCUT2D eigenvalue weighted by Gasteiger charge is 2.09. The largest absolute Gasteiger partial charge is 0.465 e. The van der Waals surface area contributed by atoms with Gasteiger partial charge in [-0.25, -0.2) is 4.79 Å². The Hall–Kier alpha value is -2.54. The number of halogens is 1. The van der Waals surface area contributed by atoms with Gasteiger partial charge in [0.15, 0.2) is 0 Å². The molecule has 3 rings (SSSR count). The van der Waals surface area contributed by atoms with Gasteiger partial charge in [0.05, 0.1) is 19.2 Å². The van der Waals surface area contributed by atoms with Gasteiger partial charge in [-0.1, -0.05) is 28.1 Å². The van der Waals surface area contributed by atoms with E-state index in [0.717, 1.165) is 15.6 Å². The number of esters is 1. The van der Waals surface area contributed by atoms with Crippen LogP contribution in [-0.2, 0) is 11.3 Å². The summed E-state index contributed by atoms with van der Waals surface area (Å²) in [5.41, 5.74) is 2.29. The fraction of sp³-hybridized carbons (Fsp3) is 0.125. The van der Waals surface area contributed by atoms with E-state index in [1.54, 1.807) is 18.2 Å². The zero-order chi connectivity index (χ0) is 16.2. The molecular weight excluding hydrogens is 360 g/mol. The summed E-state index contributed by atoms with van der Waals surface area (Å²) in [6.45, 7) is 0.425. The predicted molar refractivity (Wildman–Crippen MR) is 87.8 cm³/mol. The van der Waals surface area contributed by atoms with Crippen molar-refractivity contribution in [3.63, 3.8) is 0 Å². The molecule has 0 N–H and O–H groups in total. The van der Waals surface area contributed by atoms with Gasteiger partial charge >= 0.3 is 5.97 Å². The Labute approximate surface area is 141 Å². The lowest BCUT2D eigenvalue weighted by Crippen LogP contribution is -2.06. The van der Waals surface area contributed by atoms with Gasteiger partial charge in [-0.05, 0) is 47.2 Å². The number of methoxy groups -OCH3 is 1. The van der Waals surface area contributed by atoms with Crippen LogP contribution >= 0.6 is 15.9 Å². The zero-order valence-electron chi connectivity index (χ0n) is 12.3. The van der Waals surface area contributed by atoms with Crippen molar-refractivity contribution in [2.24, 2.45) is 0 Å². The van der Waals surface area contributed by atoms with Crippen LogP contribution in [0.15, 0.2) is 53.0 Å². The second kappa shape index (κ2) is 6.70. The summed E-state index contributed by atoms with van der Waals surface area (Å²) >= 11 is 3.39. The molecule has 0 fully saturated rings. The molecule has 2 aromatic carbocycles. The van der Waals surface area contributed by atoms with E-state index in [9.17, 15) is 4.79 Å². The first-order chi connectivity index (χ1) is 11.2. The maximum atomic E-state index is 11.6. The van der Waals surface area contributed by atoms with Crippen LogP contribution in [0.5, 0.6) is 0 Å². The first-order valence-electron chi connectivity index (χ1n) is 6.87. The van der Waals surface area contributed by atoms with E-state index in [1.165, 1.54) is 11.9 Å². The lowest BCUT2D eigenvalue weighted by Gasteiger charge is -2.03. The second-order valence-corrected chi connectivity index (χ2v) is 5.76. The van der Waals surface area contributed by atoms with Crippen LogP contribution < -0.4 is 0 Å². The molecule has 0 amide bonds. The maximum Gasteiger partial charge on any atom is 0.337 e. The average molecular weight is 373 g/mol. The number of nitrogens with zero attached hydrogens (tertiary/aromatic N) is 4. The molecular formula is C16H13BrN4O2. The molecule has 0 atom stereocenters. The monoisotopic (exact) mass is 372 g/mol. The van der Waals surface area contributed by atoms with Gasteiger partial charge in [0.2, 0.25) is 5.82 Å². The van der Waals surface area contributed by atoms with Crippen molar-refractivity contribution in [2.45, 2.75) is 6.54 Å². The van der Waals surface area contributed by atoms with Crippen molar-refractivity contribution >= 4 is 21.9 Å². The molecule has 23 heavy (non-hydrogen) atoms. The van der Waals surface area contributed by atoms with Gasteiger partial charge in [0.25, 0.3) is 0 Å². The number of hydrogen-bond acceptors (Lipinski definition) is 5. The topological polar surface area (TPSA) is 69.9 Å². The van der Waals surface area contributed by atoms with Crippen LogP contribution in [0, 0.1) is 0 Å². The van der Waals surface area contributed by atoms with E-state index >= 15 is 0 Å². The van der Waals surface area contributed by atoms with E-state index in [2.05, 4.69) is 31.3 Å². The first kappa shape index (κ1) is 15.4. The minimum Gasteiger partial charge on any atom is -0.465 e. The standard InChI is InChI=1S/C16H13BrN4O2/c1-23-16(22)13-4-2-3-11(9-13)10-21-19-15(18-20-21)12-5-7-14(17)8-6-12/h2-9H,10H2,1H3. The Morgan fingerprint density at radius 3 is 2.74 bits per heavy atom. The Morgan fingerprint density at radius 1 is 1.22 bits per heavy atom. The van der Waals surface area contributed by atoms with Crippen molar-refractivity contribution < 1.29 is 9.53 Å². The van der Waals surface area contributed by atoms with Crippen molar-refractivity contribution in [2.75, 3.05) is 7.11 Å². The molecule has 6 nitrogen and oxygen atoms in total. The number of carbonyl (C=O) groups excluding carboxylic acids is 1. The summed E-state index contributed by atoms with van der Waals surface area (Å²) in [4.78, 5) is 13.1. The highest BCUT2D eigenvalue weighted by atomic mass is 79.9. The number of hydrogen-bond donors (Lipinski definition) is 0. The summed E-state index contributed by atoms with van der Waals surface area (Å²) in [7, 11) is 1.36. The van der Waals surface area contributed by atoms with E-state index < -0.39 is 0 Å². The van der Waals surface area contributed by atoms with Crippen LogP contribution in [0.25, 0.3) is 11.4 Å². The molecule has 0 aliphatic rings. The van der Waals surface area contributed by atoms with Crippen molar-refractivity contribution in [1.29, 1.82) is 0 Å². The highest BCUT2D eigenvalue weighted by molar-refractivity contribution is 9.10. The van der Waals surface area contributed by atoms with Gasteiger partial charge in [-0.15, -0.1) is 10.2 Å². The highest BCUT2D eigenvalue weighted by Crippen LogP contribution is 2.17. The summed E-state index contributed by atoms with van der Waals surface area (Å²) in [5, 5.41) is 12.5. The third-order valence-corrected chi connectivity index (χ3v) is 3.76. The number of tetrazole rings is 1. The zero-order valence-corrected chi connectivity index (χ0v) is 13.9. The Morgan fingerprint density at radius 2 is 2.00 bits per heavy atom. The Balaban J connectivity index is 1.79. The second-order valence-electron chi connectivity index (χ2n) is 4.84. The van der Waals surface area contributed by atoms with Gasteiger partial charge in [0, 0.05) is 10.0 Å². The summed E-state index contributed by atoms with van der Waals surface area (Å²) in [6.07, 6.45) is 0. The normalized spacial score (nSPS) is 10.5. The molecule has 1 aromatic heterocycles. The van der Waals surface area contributed by atoms with Crippen LogP contribution in [-0.4, -0.2) is 33.3 Å². The third kappa shape index (κ3) is 3.62. The third-order valence-electron chi connectivity index (χ3n) is 3.23. The molecule has 0 aliphatic heterocycles. The van der Waals surface area contributed by atoms with Gasteiger partial charge in [0.1, 0.15) is 0 Å². The van der Waals surface area contributed by atoms with E-state index in [-0.39, 0.29) is 5.97 Å². The van der Waals surface area contributed by atoms with Gasteiger partial charge in [-0.2, -0.15) is 4.80 Å². The van der Waals surface area contributed by atoms with Crippen molar-refractivity contribution in [1.82, 2.24) is 20.2 Å². The maximum absolute atomic E-state index is 11.6. The fourth-order valence-corrected chi connectivity index (χ4v) is 2.37. The minimum absolute atomic E-state index is 0.367. The molecule has 7 heteroatoms. The molecule has 1 heterocycles. The average Bonchev–Trinajstić information content (AvgIpc) is 3.03. The number of carbonyl (C=O) groups is 1. The SMILES string of the molecule is COC(=O)c1cccc(Cn2nnc(-c3ccc(Br)cc3)n2)c1. The predicted octanol–water partition coefficient (Wildman–Crippen LogP) is 2.94. The van der Waals surface area contributed by atoms with E-state index in [1.807, 2.05) is 30.3 Å². The molecule has 0 saturated heterocycles. The molecule has 3 aromatic rings. The lowest BCUT2D eigenvalue weighted by molar-refractivity contribution is 0.0600. The van der Waals surface area contributed by atoms with Crippen LogP contribution in [0.2, 0.25) is 0 Å². The number of aromatic nitrogens is 4. The van der Waals surface area contributed by atoms with Crippen LogP contribution in [0.4, 0.5) is 0 Å². The molecule has 0 aliphatic carbocycles. The molecule has 116 valence electrons. The Kier molecular flexibility index (Phi) is 4.47. The molecule has 0 spiro atoms. The quantitative estimate of drug-likeness (QED) is 0.658. The minimum atomic E-state index is -0.367. The smallest absolute Gasteiger partial charge is 0.337 e. The first-order valence-corrected chi connectivity index (χ1v) is 7.66. The number of benzene rings is 2. The Bertz CT molecular complexity index is 830. The van der Waals surface area contributed by atoms with E-state index in [4.69, 9.17) is 4.74 Å². The lowest BCUT2D eigenvalue weighted by atomic mass is 10.1. The molecule has 0 bridgehead atoms. The van der Waals surface area contributed by atoms with Gasteiger partial charge < -0.3 is 4.74 Å². The summed E-state index contributed by atoms with van der Waals surface area (Å²) in [5.74, 6) is 0.190. The fourth-order valence-electron chi connectivity index (χ4n) is 2.10. The van der Waals surface area contributed by atoms with Crippen LogP contribution in [0.3, 0.4) is 0 Å². The van der Waals surface area contributed by atoms with Gasteiger partial charge in [-0.3, -0.25) is 0 Å². The van der Waals surface area contributed by atoms with Crippen molar-refractivity contribution in [3.05, 3.63) is 64.1 Å². The van der Waals surface area contributed by atoms with Crippen molar-refractivity contribution in [3.8, 4) is 11.4 Å². The molecule has 0 saturated carbocycles. The summed E-state index contributed by atoms with van der Waals surface area (Å²) in [6, 6.07) is 14.9. The number of ether oxygens (including phenoxy) is 1. The van der Waals surface area contributed by atoms with E-state index in [0.29, 0.717) is 17.9 Å². The number of rotatable bonds is 4.